The minimum Gasteiger partial charge on any atom is -0.495 e. The maximum absolute atomic E-state index is 13.0. The minimum atomic E-state index is -3.70. The van der Waals surface area contributed by atoms with E-state index in [4.69, 9.17) is 25.8 Å². The van der Waals surface area contributed by atoms with Crippen LogP contribution in [0.1, 0.15) is 43.5 Å². The van der Waals surface area contributed by atoms with Crippen molar-refractivity contribution in [3.63, 3.8) is 0 Å². The summed E-state index contributed by atoms with van der Waals surface area (Å²) in [6.07, 6.45) is 2.48. The first-order valence-electron chi connectivity index (χ1n) is 10.7. The van der Waals surface area contributed by atoms with Crippen molar-refractivity contribution in [2.45, 2.75) is 44.0 Å². The first kappa shape index (κ1) is 25.1. The number of anilines is 1. The molecule has 2 aromatic rings. The number of ether oxygens (including phenoxy) is 3. The van der Waals surface area contributed by atoms with E-state index in [0.717, 1.165) is 19.3 Å². The zero-order valence-corrected chi connectivity index (χ0v) is 20.7. The van der Waals surface area contributed by atoms with Gasteiger partial charge in [0.2, 0.25) is 10.0 Å². The molecule has 0 saturated heterocycles. The number of halogens is 1. The summed E-state index contributed by atoms with van der Waals surface area (Å²) >= 11 is 6.38. The smallest absolute Gasteiger partial charge is 0.255 e. The molecule has 3 rings (SSSR count). The summed E-state index contributed by atoms with van der Waals surface area (Å²) in [6, 6.07) is 7.26. The molecule has 0 spiro atoms. The molecule has 1 saturated carbocycles. The number of benzene rings is 2. The molecule has 1 amide bonds. The Bertz CT molecular complexity index is 1120. The van der Waals surface area contributed by atoms with Crippen LogP contribution >= 0.6 is 11.6 Å². The number of amides is 1. The van der Waals surface area contributed by atoms with Crippen LogP contribution in [-0.2, 0) is 10.0 Å². The maximum Gasteiger partial charge on any atom is 0.255 e. The molecule has 1 fully saturated rings. The van der Waals surface area contributed by atoms with Gasteiger partial charge >= 0.3 is 0 Å². The van der Waals surface area contributed by atoms with Crippen molar-refractivity contribution in [1.82, 2.24) is 4.72 Å². The first-order chi connectivity index (χ1) is 15.6. The zero-order chi connectivity index (χ0) is 24.2. The van der Waals surface area contributed by atoms with Gasteiger partial charge in [-0.2, -0.15) is 0 Å². The lowest BCUT2D eigenvalue weighted by atomic mass is 10.1. The Morgan fingerprint density at radius 2 is 1.82 bits per heavy atom. The summed E-state index contributed by atoms with van der Waals surface area (Å²) in [6.45, 7) is 4.64. The van der Waals surface area contributed by atoms with Gasteiger partial charge in [0.05, 0.1) is 36.4 Å². The number of methoxy groups -OCH3 is 2. The number of nitrogens with one attached hydrogen (secondary N) is 2. The van der Waals surface area contributed by atoms with Crippen LogP contribution in [0.3, 0.4) is 0 Å². The third kappa shape index (κ3) is 6.52. The molecule has 2 aromatic carbocycles. The molecule has 2 N–H and O–H groups in total. The second-order valence-electron chi connectivity index (χ2n) is 8.23. The summed E-state index contributed by atoms with van der Waals surface area (Å²) in [5, 5.41) is 2.94. The van der Waals surface area contributed by atoms with Crippen LogP contribution in [-0.4, -0.2) is 41.2 Å². The van der Waals surface area contributed by atoms with Crippen LogP contribution in [0.15, 0.2) is 35.2 Å². The average Bonchev–Trinajstić information content (AvgIpc) is 3.57. The lowest BCUT2D eigenvalue weighted by Crippen LogP contribution is -2.26. The lowest BCUT2D eigenvalue weighted by Gasteiger charge is -2.16. The van der Waals surface area contributed by atoms with E-state index in [1.54, 1.807) is 0 Å². The Morgan fingerprint density at radius 1 is 1.12 bits per heavy atom. The Labute approximate surface area is 199 Å². The Kier molecular flexibility index (Phi) is 8.10. The molecule has 0 bridgehead atoms. The van der Waals surface area contributed by atoms with Gasteiger partial charge in [-0.15, -0.1) is 0 Å². The zero-order valence-electron chi connectivity index (χ0n) is 19.1. The summed E-state index contributed by atoms with van der Waals surface area (Å²) in [7, 11) is -0.797. The first-order valence-corrected chi connectivity index (χ1v) is 12.5. The molecule has 1 aliphatic carbocycles. The van der Waals surface area contributed by atoms with Gasteiger partial charge in [-0.1, -0.05) is 25.4 Å². The van der Waals surface area contributed by atoms with Gasteiger partial charge in [-0.3, -0.25) is 4.79 Å². The predicted octanol–water partition coefficient (Wildman–Crippen LogP) is 4.48. The van der Waals surface area contributed by atoms with Gasteiger partial charge in [0.25, 0.3) is 5.91 Å². The van der Waals surface area contributed by atoms with Crippen LogP contribution in [0.5, 0.6) is 17.2 Å². The van der Waals surface area contributed by atoms with Gasteiger partial charge in [0.15, 0.2) is 11.5 Å². The van der Waals surface area contributed by atoms with Gasteiger partial charge in [0.1, 0.15) is 5.75 Å². The Balaban J connectivity index is 1.84. The molecule has 0 aromatic heterocycles. The van der Waals surface area contributed by atoms with E-state index >= 15 is 0 Å². The van der Waals surface area contributed by atoms with E-state index in [9.17, 15) is 13.2 Å². The number of carbonyl (C=O) groups excluding carboxylic acids is 1. The largest absolute Gasteiger partial charge is 0.495 e. The normalized spacial score (nSPS) is 13.6. The van der Waals surface area contributed by atoms with Crippen LogP contribution < -0.4 is 24.2 Å². The van der Waals surface area contributed by atoms with Gasteiger partial charge in [-0.25, -0.2) is 13.1 Å². The lowest BCUT2D eigenvalue weighted by molar-refractivity contribution is 0.102. The second kappa shape index (κ2) is 10.6. The quantitative estimate of drug-likeness (QED) is 0.475. The van der Waals surface area contributed by atoms with E-state index in [2.05, 4.69) is 23.9 Å². The highest BCUT2D eigenvalue weighted by Gasteiger charge is 2.28. The van der Waals surface area contributed by atoms with E-state index in [1.807, 2.05) is 0 Å². The SMILES string of the molecule is COc1ccc(S(=O)(=O)NC2CC2)cc1NC(=O)c1cc(Cl)c(OCCC(C)C)c(OC)c1. The molecule has 0 radical (unpaired) electrons. The fourth-order valence-electron chi connectivity index (χ4n) is 3.02. The van der Waals surface area contributed by atoms with Crippen molar-refractivity contribution in [2.24, 2.45) is 5.92 Å². The Hall–Kier alpha value is -2.49. The number of sulfonamides is 1. The number of hydrogen-bond acceptors (Lipinski definition) is 6. The molecule has 180 valence electrons. The van der Waals surface area contributed by atoms with Gasteiger partial charge in [-0.05, 0) is 55.5 Å². The molecular formula is C23H29ClN2O6S. The van der Waals surface area contributed by atoms with Crippen LogP contribution in [0.2, 0.25) is 5.02 Å². The molecule has 0 atom stereocenters. The minimum absolute atomic E-state index is 0.0361. The highest BCUT2D eigenvalue weighted by molar-refractivity contribution is 7.89. The highest BCUT2D eigenvalue weighted by atomic mass is 35.5. The van der Waals surface area contributed by atoms with Crippen molar-refractivity contribution in [1.29, 1.82) is 0 Å². The molecule has 10 heteroatoms. The number of carbonyl (C=O) groups is 1. The van der Waals surface area contributed by atoms with E-state index in [0.29, 0.717) is 29.8 Å². The summed E-state index contributed by atoms with van der Waals surface area (Å²) in [5.41, 5.74) is 0.438. The molecule has 1 aliphatic rings. The van der Waals surface area contributed by atoms with Crippen molar-refractivity contribution in [2.75, 3.05) is 26.1 Å². The molecule has 8 nitrogen and oxygen atoms in total. The van der Waals surface area contributed by atoms with Crippen LogP contribution in [0.25, 0.3) is 0 Å². The van der Waals surface area contributed by atoms with Gasteiger partial charge < -0.3 is 19.5 Å². The van der Waals surface area contributed by atoms with Crippen LogP contribution in [0, 0.1) is 5.92 Å². The van der Waals surface area contributed by atoms with Crippen molar-refractivity contribution >= 4 is 33.2 Å². The topological polar surface area (TPSA) is 103 Å². The fraction of sp³-hybridized carbons (Fsp3) is 0.435. The Morgan fingerprint density at radius 3 is 2.42 bits per heavy atom. The predicted molar refractivity (Wildman–Crippen MR) is 127 cm³/mol. The van der Waals surface area contributed by atoms with Crippen molar-refractivity contribution < 1.29 is 27.4 Å². The molecule has 0 heterocycles. The third-order valence-electron chi connectivity index (χ3n) is 5.06. The van der Waals surface area contributed by atoms with Crippen LogP contribution in [0.4, 0.5) is 5.69 Å². The highest BCUT2D eigenvalue weighted by Crippen LogP contribution is 2.37. The standard InChI is InChI=1S/C23H29ClN2O6S/c1-14(2)9-10-32-22-18(24)11-15(12-21(22)31-4)23(27)25-19-13-17(7-8-20(19)30-3)33(28,29)26-16-5-6-16/h7-8,11-14,16,26H,5-6,9-10H2,1-4H3,(H,25,27). The van der Waals surface area contributed by atoms with E-state index in [1.165, 1.54) is 44.6 Å². The molecular weight excluding hydrogens is 468 g/mol. The summed E-state index contributed by atoms with van der Waals surface area (Å²) < 4.78 is 44.2. The van der Waals surface area contributed by atoms with Crippen molar-refractivity contribution in [3.8, 4) is 17.2 Å². The van der Waals surface area contributed by atoms with E-state index < -0.39 is 15.9 Å². The summed E-state index contributed by atoms with van der Waals surface area (Å²) in [5.74, 6) is 0.975. The monoisotopic (exact) mass is 496 g/mol. The maximum atomic E-state index is 13.0. The molecule has 0 unspecified atom stereocenters. The second-order valence-corrected chi connectivity index (χ2v) is 10.4. The average molecular weight is 497 g/mol. The number of rotatable bonds is 11. The van der Waals surface area contributed by atoms with Crippen molar-refractivity contribution in [3.05, 3.63) is 40.9 Å². The summed E-state index contributed by atoms with van der Waals surface area (Å²) in [4.78, 5) is 13.0. The molecule has 0 aliphatic heterocycles. The van der Waals surface area contributed by atoms with Gasteiger partial charge in [0, 0.05) is 11.6 Å². The van der Waals surface area contributed by atoms with E-state index in [-0.39, 0.29) is 27.2 Å². The fourth-order valence-corrected chi connectivity index (χ4v) is 4.62. The third-order valence-corrected chi connectivity index (χ3v) is 6.86. The number of hydrogen-bond donors (Lipinski definition) is 2. The molecule has 33 heavy (non-hydrogen) atoms.